The van der Waals surface area contributed by atoms with E-state index in [1.165, 1.54) is 24.3 Å². The summed E-state index contributed by atoms with van der Waals surface area (Å²) in [5.41, 5.74) is 0.863. The number of halogens is 1. The van der Waals surface area contributed by atoms with Crippen LogP contribution in [0.1, 0.15) is 31.1 Å². The minimum absolute atomic E-state index is 0.141. The van der Waals surface area contributed by atoms with E-state index in [0.29, 0.717) is 30.1 Å². The van der Waals surface area contributed by atoms with E-state index in [4.69, 9.17) is 4.74 Å². The second-order valence-corrected chi connectivity index (χ2v) is 5.73. The van der Waals surface area contributed by atoms with Gasteiger partial charge in [0.05, 0.1) is 11.3 Å². The Hall–Kier alpha value is -2.89. The van der Waals surface area contributed by atoms with Crippen LogP contribution in [0, 0.1) is 5.82 Å². The lowest BCUT2D eigenvalue weighted by Gasteiger charge is -2.21. The molecule has 0 heterocycles. The number of hydrogen-bond acceptors (Lipinski definition) is 3. The van der Waals surface area contributed by atoms with Crippen LogP contribution in [0.15, 0.2) is 48.5 Å². The van der Waals surface area contributed by atoms with Crippen LogP contribution in [0.4, 0.5) is 10.1 Å². The van der Waals surface area contributed by atoms with Crippen LogP contribution in [0.25, 0.3) is 0 Å². The molecule has 138 valence electrons. The summed E-state index contributed by atoms with van der Waals surface area (Å²) in [4.78, 5) is 26.7. The number of carbonyl (C=O) groups excluding carboxylic acids is 2. The minimum Gasteiger partial charge on any atom is -0.481 e. The lowest BCUT2D eigenvalue weighted by atomic mass is 10.1. The fourth-order valence-corrected chi connectivity index (χ4v) is 2.46. The van der Waals surface area contributed by atoms with Crippen molar-refractivity contribution >= 4 is 17.5 Å². The average Bonchev–Trinajstić information content (AvgIpc) is 2.64. The van der Waals surface area contributed by atoms with E-state index >= 15 is 0 Å². The molecule has 2 aromatic rings. The van der Waals surface area contributed by atoms with E-state index < -0.39 is 12.0 Å². The van der Waals surface area contributed by atoms with Crippen LogP contribution in [0.3, 0.4) is 0 Å². The predicted molar refractivity (Wildman–Crippen MR) is 98.8 cm³/mol. The number of ether oxygens (including phenoxy) is 1. The van der Waals surface area contributed by atoms with Gasteiger partial charge in [-0.3, -0.25) is 9.59 Å². The summed E-state index contributed by atoms with van der Waals surface area (Å²) in [6, 6.07) is 12.3. The van der Waals surface area contributed by atoms with Crippen molar-refractivity contribution in [1.82, 2.24) is 4.90 Å². The van der Waals surface area contributed by atoms with Gasteiger partial charge in [-0.25, -0.2) is 4.39 Å². The van der Waals surface area contributed by atoms with E-state index in [-0.39, 0.29) is 11.7 Å². The Morgan fingerprint density at radius 1 is 1.08 bits per heavy atom. The fourth-order valence-electron chi connectivity index (χ4n) is 2.46. The molecule has 0 aliphatic heterocycles. The van der Waals surface area contributed by atoms with Crippen LogP contribution in [0.2, 0.25) is 0 Å². The summed E-state index contributed by atoms with van der Waals surface area (Å²) in [6.07, 6.45) is -0.808. The number of nitrogens with zero attached hydrogens (tertiary/aromatic N) is 1. The molecule has 0 aromatic heterocycles. The van der Waals surface area contributed by atoms with Gasteiger partial charge < -0.3 is 15.0 Å². The van der Waals surface area contributed by atoms with Gasteiger partial charge >= 0.3 is 0 Å². The Labute approximate surface area is 152 Å². The van der Waals surface area contributed by atoms with Gasteiger partial charge in [0.15, 0.2) is 6.10 Å². The zero-order valence-corrected chi connectivity index (χ0v) is 15.2. The fraction of sp³-hybridized carbons (Fsp3) is 0.300. The Morgan fingerprint density at radius 3 is 2.31 bits per heavy atom. The Bertz CT molecular complexity index is 758. The van der Waals surface area contributed by atoms with Crippen molar-refractivity contribution in [3.05, 3.63) is 59.9 Å². The zero-order valence-electron chi connectivity index (χ0n) is 15.2. The normalized spacial score (nSPS) is 11.5. The van der Waals surface area contributed by atoms with Crippen LogP contribution in [0.5, 0.6) is 5.75 Å². The van der Waals surface area contributed by atoms with Gasteiger partial charge in [-0.05, 0) is 57.2 Å². The van der Waals surface area contributed by atoms with Crippen molar-refractivity contribution in [1.29, 1.82) is 0 Å². The second kappa shape index (κ2) is 8.99. The molecule has 0 aliphatic carbocycles. The maximum Gasteiger partial charge on any atom is 0.265 e. The molecule has 0 unspecified atom stereocenters. The first kappa shape index (κ1) is 19.4. The van der Waals surface area contributed by atoms with Crippen molar-refractivity contribution in [2.75, 3.05) is 18.4 Å². The number of nitrogens with one attached hydrogen (secondary N) is 1. The van der Waals surface area contributed by atoms with Crippen LogP contribution >= 0.6 is 0 Å². The number of para-hydroxylation sites is 1. The summed E-state index contributed by atoms with van der Waals surface area (Å²) >= 11 is 0. The van der Waals surface area contributed by atoms with E-state index in [2.05, 4.69) is 5.32 Å². The van der Waals surface area contributed by atoms with Crippen molar-refractivity contribution in [3.8, 4) is 5.75 Å². The molecule has 0 aliphatic rings. The zero-order chi connectivity index (χ0) is 19.1. The highest BCUT2D eigenvalue weighted by Gasteiger charge is 2.20. The summed E-state index contributed by atoms with van der Waals surface area (Å²) in [5, 5.41) is 2.74. The molecule has 2 aromatic carbocycles. The van der Waals surface area contributed by atoms with Crippen LogP contribution < -0.4 is 10.1 Å². The third kappa shape index (κ3) is 4.81. The number of anilines is 1. The quantitative estimate of drug-likeness (QED) is 0.821. The smallest absolute Gasteiger partial charge is 0.265 e. The monoisotopic (exact) mass is 358 g/mol. The first-order valence-corrected chi connectivity index (χ1v) is 8.57. The molecule has 0 saturated heterocycles. The summed E-state index contributed by atoms with van der Waals surface area (Å²) < 4.78 is 18.5. The third-order valence-corrected chi connectivity index (χ3v) is 3.96. The number of hydrogen-bond donors (Lipinski definition) is 1. The van der Waals surface area contributed by atoms with Crippen molar-refractivity contribution in [2.24, 2.45) is 0 Å². The molecule has 1 atom stereocenters. The largest absolute Gasteiger partial charge is 0.481 e. The molecule has 6 heteroatoms. The molecule has 0 radical (unpaired) electrons. The van der Waals surface area contributed by atoms with Gasteiger partial charge in [-0.2, -0.15) is 0 Å². The number of benzene rings is 2. The van der Waals surface area contributed by atoms with E-state index in [1.807, 2.05) is 13.8 Å². The molecule has 2 rings (SSSR count). The van der Waals surface area contributed by atoms with Gasteiger partial charge in [0.1, 0.15) is 11.6 Å². The van der Waals surface area contributed by atoms with E-state index in [0.717, 1.165) is 0 Å². The maximum absolute atomic E-state index is 12.9. The summed E-state index contributed by atoms with van der Waals surface area (Å²) in [7, 11) is 0. The highest BCUT2D eigenvalue weighted by molar-refractivity contribution is 6.04. The molecular weight excluding hydrogens is 335 g/mol. The highest BCUT2D eigenvalue weighted by Crippen LogP contribution is 2.19. The predicted octanol–water partition coefficient (Wildman–Crippen LogP) is 3.71. The van der Waals surface area contributed by atoms with Crippen LogP contribution in [-0.4, -0.2) is 35.9 Å². The van der Waals surface area contributed by atoms with Gasteiger partial charge in [0.25, 0.3) is 11.8 Å². The molecule has 0 spiro atoms. The molecule has 26 heavy (non-hydrogen) atoms. The van der Waals surface area contributed by atoms with Gasteiger partial charge in [-0.1, -0.05) is 12.1 Å². The SMILES string of the molecule is CCN(CC)C(=O)c1ccccc1NC(=O)[C@@H](C)Oc1ccc(F)cc1. The lowest BCUT2D eigenvalue weighted by molar-refractivity contribution is -0.122. The van der Waals surface area contributed by atoms with Gasteiger partial charge in [0.2, 0.25) is 0 Å². The van der Waals surface area contributed by atoms with Crippen molar-refractivity contribution in [2.45, 2.75) is 26.9 Å². The number of rotatable bonds is 7. The van der Waals surface area contributed by atoms with E-state index in [9.17, 15) is 14.0 Å². The minimum atomic E-state index is -0.808. The second-order valence-electron chi connectivity index (χ2n) is 5.73. The van der Waals surface area contributed by atoms with E-state index in [1.54, 1.807) is 36.1 Å². The molecule has 2 amide bonds. The van der Waals surface area contributed by atoms with Crippen LogP contribution in [-0.2, 0) is 4.79 Å². The topological polar surface area (TPSA) is 58.6 Å². The molecule has 0 fully saturated rings. The van der Waals surface area contributed by atoms with Gasteiger partial charge in [-0.15, -0.1) is 0 Å². The Kier molecular flexibility index (Phi) is 6.72. The first-order valence-electron chi connectivity index (χ1n) is 8.57. The highest BCUT2D eigenvalue weighted by atomic mass is 19.1. The van der Waals surface area contributed by atoms with Gasteiger partial charge in [0, 0.05) is 13.1 Å². The molecule has 1 N–H and O–H groups in total. The average molecular weight is 358 g/mol. The standard InChI is InChI=1S/C20H23FN2O3/c1-4-23(5-2)20(25)17-8-6-7-9-18(17)22-19(24)14(3)26-16-12-10-15(21)11-13-16/h6-14H,4-5H2,1-3H3,(H,22,24)/t14-/m1/s1. The summed E-state index contributed by atoms with van der Waals surface area (Å²) in [5.74, 6) is -0.521. The molecular formula is C20H23FN2O3. The molecule has 0 bridgehead atoms. The molecule has 0 saturated carbocycles. The molecule has 5 nitrogen and oxygen atoms in total. The number of carbonyl (C=O) groups is 2. The Balaban J connectivity index is 2.11. The van der Waals surface area contributed by atoms with Crippen molar-refractivity contribution in [3.63, 3.8) is 0 Å². The first-order chi connectivity index (χ1) is 12.5. The summed E-state index contributed by atoms with van der Waals surface area (Å²) in [6.45, 7) is 6.57. The maximum atomic E-state index is 12.9. The number of amides is 2. The Morgan fingerprint density at radius 2 is 1.69 bits per heavy atom. The third-order valence-electron chi connectivity index (χ3n) is 3.96. The van der Waals surface area contributed by atoms with Crippen molar-refractivity contribution < 1.29 is 18.7 Å². The lowest BCUT2D eigenvalue weighted by Crippen LogP contribution is -2.33.